The first kappa shape index (κ1) is 17.8. The predicted molar refractivity (Wildman–Crippen MR) is 109 cm³/mol. The zero-order valence-electron chi connectivity index (χ0n) is 14.9. The number of nitrogens with zero attached hydrogens (tertiary/aromatic N) is 4. The Morgan fingerprint density at radius 2 is 1.89 bits per heavy atom. The smallest absolute Gasteiger partial charge is 0.153 e. The normalized spacial score (nSPS) is 19.2. The second kappa shape index (κ2) is 6.84. The number of allylic oxidation sites excluding steroid dienone is 1. The molecule has 6 nitrogen and oxygen atoms in total. The van der Waals surface area contributed by atoms with Crippen molar-refractivity contribution < 1.29 is 0 Å². The van der Waals surface area contributed by atoms with E-state index in [1.54, 1.807) is 12.1 Å². The molecule has 0 bridgehead atoms. The molecule has 2 unspecified atom stereocenters. The highest BCUT2D eigenvalue weighted by molar-refractivity contribution is 6.30. The molecule has 0 spiro atoms. The van der Waals surface area contributed by atoms with E-state index in [4.69, 9.17) is 17.3 Å². The lowest BCUT2D eigenvalue weighted by Crippen LogP contribution is -2.25. The average Bonchev–Trinajstić information content (AvgIpc) is 3.08. The highest BCUT2D eigenvalue weighted by Gasteiger charge is 2.35. The number of hydrogen-bond donors (Lipinski definition) is 2. The van der Waals surface area contributed by atoms with Crippen LogP contribution in [0.2, 0.25) is 5.02 Å². The molecule has 0 saturated carbocycles. The molecule has 2 atom stereocenters. The van der Waals surface area contributed by atoms with E-state index in [0.29, 0.717) is 27.8 Å². The van der Waals surface area contributed by atoms with Gasteiger partial charge in [0, 0.05) is 27.6 Å². The Morgan fingerprint density at radius 1 is 1.14 bits per heavy atom. The van der Waals surface area contributed by atoms with Crippen molar-refractivity contribution in [3.63, 3.8) is 0 Å². The number of H-pyrrole nitrogens is 1. The van der Waals surface area contributed by atoms with E-state index in [1.807, 2.05) is 37.3 Å². The minimum Gasteiger partial charge on any atom is -0.382 e. The number of hydrogen-bond acceptors (Lipinski definition) is 5. The number of rotatable bonds is 2. The number of benzene rings is 2. The predicted octanol–water partition coefficient (Wildman–Crippen LogP) is 4.43. The third-order valence-electron chi connectivity index (χ3n) is 4.99. The Labute approximate surface area is 166 Å². The standard InChI is InChI=1S/C21H15ClN6/c1-11-16(9-23)19(13-4-7-18-15(8-13)21(25)28-27-18)17(10-24)20(26-11)12-2-5-14(22)6-3-12/h2-8,16,19H,1H3,(H3,25,27,28). The lowest BCUT2D eigenvalue weighted by atomic mass is 9.76. The third kappa shape index (κ3) is 2.81. The van der Waals surface area contributed by atoms with Gasteiger partial charge in [-0.25, -0.2) is 0 Å². The molecule has 3 aromatic rings. The van der Waals surface area contributed by atoms with Crippen molar-refractivity contribution in [1.29, 1.82) is 10.5 Å². The molecule has 0 fully saturated rings. The van der Waals surface area contributed by atoms with Crippen LogP contribution in [-0.2, 0) is 0 Å². The molecule has 7 heteroatoms. The summed E-state index contributed by atoms with van der Waals surface area (Å²) in [7, 11) is 0. The lowest BCUT2D eigenvalue weighted by molar-refractivity contribution is 0.720. The maximum atomic E-state index is 9.98. The molecule has 2 aromatic carbocycles. The van der Waals surface area contributed by atoms with E-state index >= 15 is 0 Å². The summed E-state index contributed by atoms with van der Waals surface area (Å²) in [5.41, 5.74) is 10.0. The van der Waals surface area contributed by atoms with Crippen LogP contribution in [0.25, 0.3) is 16.6 Å². The van der Waals surface area contributed by atoms with E-state index < -0.39 is 11.8 Å². The summed E-state index contributed by atoms with van der Waals surface area (Å²) in [6, 6.07) is 17.4. The van der Waals surface area contributed by atoms with E-state index in [-0.39, 0.29) is 0 Å². The third-order valence-corrected chi connectivity index (χ3v) is 5.24. The maximum absolute atomic E-state index is 9.98. The molecule has 4 rings (SSSR count). The zero-order chi connectivity index (χ0) is 19.8. The van der Waals surface area contributed by atoms with Crippen LogP contribution in [0.5, 0.6) is 0 Å². The summed E-state index contributed by atoms with van der Waals surface area (Å²) in [5.74, 6) is -0.611. The molecule has 0 amide bonds. The first-order valence-corrected chi connectivity index (χ1v) is 8.99. The highest BCUT2D eigenvalue weighted by Crippen LogP contribution is 2.42. The van der Waals surface area contributed by atoms with Crippen molar-refractivity contribution in [2.24, 2.45) is 10.9 Å². The summed E-state index contributed by atoms with van der Waals surface area (Å²) in [4.78, 5) is 4.60. The number of halogens is 1. The Kier molecular flexibility index (Phi) is 4.35. The van der Waals surface area contributed by atoms with Gasteiger partial charge in [0.25, 0.3) is 0 Å². The number of anilines is 1. The average molecular weight is 387 g/mol. The molecule has 1 aliphatic rings. The largest absolute Gasteiger partial charge is 0.382 e. The number of aromatic nitrogens is 2. The molecule has 28 heavy (non-hydrogen) atoms. The van der Waals surface area contributed by atoms with Crippen LogP contribution in [0.3, 0.4) is 0 Å². The molecule has 0 radical (unpaired) electrons. The van der Waals surface area contributed by atoms with E-state index in [0.717, 1.165) is 22.0 Å². The minimum atomic E-state index is -0.545. The first-order chi connectivity index (χ1) is 13.5. The van der Waals surface area contributed by atoms with Crippen molar-refractivity contribution in [2.45, 2.75) is 12.8 Å². The van der Waals surface area contributed by atoms with Gasteiger partial charge >= 0.3 is 0 Å². The quantitative estimate of drug-likeness (QED) is 0.677. The summed E-state index contributed by atoms with van der Waals surface area (Å²) in [5, 5.41) is 28.0. The van der Waals surface area contributed by atoms with Gasteiger partial charge in [-0.3, -0.25) is 10.1 Å². The molecule has 0 aliphatic carbocycles. The second-order valence-electron chi connectivity index (χ2n) is 6.63. The Hall–Kier alpha value is -3.61. The van der Waals surface area contributed by atoms with E-state index in [1.165, 1.54) is 0 Å². The lowest BCUT2D eigenvalue weighted by Gasteiger charge is -2.28. The van der Waals surface area contributed by atoms with Crippen molar-refractivity contribution in [3.05, 3.63) is 64.2 Å². The summed E-state index contributed by atoms with van der Waals surface area (Å²) >= 11 is 6.00. The fraction of sp³-hybridized carbons (Fsp3) is 0.143. The second-order valence-corrected chi connectivity index (χ2v) is 7.07. The Balaban J connectivity index is 1.95. The van der Waals surface area contributed by atoms with Crippen LogP contribution in [0.15, 0.2) is 53.0 Å². The fourth-order valence-corrected chi connectivity index (χ4v) is 3.71. The summed E-state index contributed by atoms with van der Waals surface area (Å²) < 4.78 is 0. The molecule has 2 heterocycles. The van der Waals surface area contributed by atoms with Crippen LogP contribution in [0.4, 0.5) is 5.82 Å². The van der Waals surface area contributed by atoms with Gasteiger partial charge in [0.05, 0.1) is 34.8 Å². The van der Waals surface area contributed by atoms with Gasteiger partial charge < -0.3 is 5.73 Å². The number of aromatic amines is 1. The number of aliphatic imine (C=N–C) groups is 1. The topological polar surface area (TPSA) is 115 Å². The van der Waals surface area contributed by atoms with Crippen LogP contribution < -0.4 is 5.73 Å². The van der Waals surface area contributed by atoms with Gasteiger partial charge in [-0.1, -0.05) is 29.8 Å². The van der Waals surface area contributed by atoms with Gasteiger partial charge in [0.15, 0.2) is 5.82 Å². The summed E-state index contributed by atoms with van der Waals surface area (Å²) in [6.45, 7) is 1.82. The van der Waals surface area contributed by atoms with Crippen molar-refractivity contribution >= 4 is 39.7 Å². The van der Waals surface area contributed by atoms with E-state index in [2.05, 4.69) is 27.3 Å². The van der Waals surface area contributed by atoms with Crippen LogP contribution >= 0.6 is 11.6 Å². The van der Waals surface area contributed by atoms with Gasteiger partial charge in [-0.15, -0.1) is 0 Å². The fourth-order valence-electron chi connectivity index (χ4n) is 3.58. The molecule has 0 saturated heterocycles. The number of nitrogen functional groups attached to an aromatic ring is 1. The molecule has 3 N–H and O–H groups in total. The highest BCUT2D eigenvalue weighted by atomic mass is 35.5. The molecule has 1 aliphatic heterocycles. The molecule has 136 valence electrons. The monoisotopic (exact) mass is 386 g/mol. The van der Waals surface area contributed by atoms with Gasteiger partial charge in [-0.05, 0) is 36.8 Å². The van der Waals surface area contributed by atoms with Crippen LogP contribution in [0.1, 0.15) is 24.0 Å². The molecular formula is C21H15ClN6. The summed E-state index contributed by atoms with van der Waals surface area (Å²) in [6.07, 6.45) is 0. The molecule has 1 aromatic heterocycles. The molecular weight excluding hydrogens is 372 g/mol. The maximum Gasteiger partial charge on any atom is 0.153 e. The number of fused-ring (bicyclic) bond motifs is 1. The van der Waals surface area contributed by atoms with Crippen molar-refractivity contribution in [2.75, 3.05) is 5.73 Å². The van der Waals surface area contributed by atoms with Crippen molar-refractivity contribution in [1.82, 2.24) is 10.2 Å². The number of nitriles is 2. The van der Waals surface area contributed by atoms with Crippen LogP contribution in [0, 0.1) is 28.6 Å². The Bertz CT molecular complexity index is 1220. The van der Waals surface area contributed by atoms with Gasteiger partial charge in [0.1, 0.15) is 0 Å². The number of nitrogens with two attached hydrogens (primary N) is 1. The van der Waals surface area contributed by atoms with E-state index in [9.17, 15) is 10.5 Å². The Morgan fingerprint density at radius 3 is 2.57 bits per heavy atom. The number of nitrogens with one attached hydrogen (secondary N) is 1. The van der Waals surface area contributed by atoms with Crippen molar-refractivity contribution in [3.8, 4) is 12.1 Å². The minimum absolute atomic E-state index is 0.381. The SMILES string of the molecule is CC1=NC(c2ccc(Cl)cc2)=C(C#N)C(c2ccc3[nH]nc(N)c3c2)C1C#N. The first-order valence-electron chi connectivity index (χ1n) is 8.62. The zero-order valence-corrected chi connectivity index (χ0v) is 15.7. The van der Waals surface area contributed by atoms with Gasteiger partial charge in [0.2, 0.25) is 0 Å². The van der Waals surface area contributed by atoms with Gasteiger partial charge in [-0.2, -0.15) is 15.6 Å². The van der Waals surface area contributed by atoms with Crippen LogP contribution in [-0.4, -0.2) is 15.9 Å².